The molecule has 0 fully saturated rings. The Balaban J connectivity index is 2.12. The molecule has 0 spiro atoms. The number of aromatic nitrogens is 1. The number of para-hydroxylation sites is 1. The van der Waals surface area contributed by atoms with Crippen LogP contribution >= 0.6 is 11.3 Å². The Morgan fingerprint density at radius 2 is 2.21 bits per heavy atom. The van der Waals surface area contributed by atoms with Gasteiger partial charge in [-0.1, -0.05) is 17.4 Å². The fourth-order valence-electron chi connectivity index (χ4n) is 2.32. The first-order valence-corrected chi connectivity index (χ1v) is 7.86. The minimum atomic E-state index is -0.701. The molecule has 24 heavy (non-hydrogen) atoms. The minimum Gasteiger partial charge on any atom is -0.495 e. The topological polar surface area (TPSA) is 99.9 Å². The van der Waals surface area contributed by atoms with Crippen molar-refractivity contribution < 1.29 is 18.9 Å². The maximum absolute atomic E-state index is 12.2. The highest BCUT2D eigenvalue weighted by Gasteiger charge is 2.18. The van der Waals surface area contributed by atoms with E-state index in [1.807, 2.05) is 29.7 Å². The highest BCUT2D eigenvalue weighted by Crippen LogP contribution is 2.27. The number of carbonyl (C=O) groups excluding carboxylic acids is 1. The number of nitro groups is 1. The van der Waals surface area contributed by atoms with Crippen LogP contribution in [0.4, 0.5) is 5.88 Å². The number of hydrogen-bond acceptors (Lipinski definition) is 6. The van der Waals surface area contributed by atoms with Crippen LogP contribution < -0.4 is 9.54 Å². The minimum absolute atomic E-state index is 0.172. The highest BCUT2D eigenvalue weighted by atomic mass is 32.1. The van der Waals surface area contributed by atoms with E-state index in [-0.39, 0.29) is 5.76 Å². The Morgan fingerprint density at radius 3 is 2.83 bits per heavy atom. The van der Waals surface area contributed by atoms with E-state index in [1.165, 1.54) is 17.4 Å². The molecular weight excluding hydrogens is 334 g/mol. The lowest BCUT2D eigenvalue weighted by atomic mass is 10.3. The molecule has 9 heteroatoms. The first-order chi connectivity index (χ1) is 11.5. The van der Waals surface area contributed by atoms with Crippen molar-refractivity contribution >= 4 is 33.3 Å². The van der Waals surface area contributed by atoms with Gasteiger partial charge >= 0.3 is 11.8 Å². The molecule has 0 aliphatic heterocycles. The Hall–Kier alpha value is -2.94. The number of methoxy groups -OCH3 is 1. The van der Waals surface area contributed by atoms with Gasteiger partial charge in [-0.3, -0.25) is 14.9 Å². The molecule has 8 nitrogen and oxygen atoms in total. The quantitative estimate of drug-likeness (QED) is 0.533. The summed E-state index contributed by atoms with van der Waals surface area (Å²) in [5.74, 6) is -0.646. The lowest BCUT2D eigenvalue weighted by molar-refractivity contribution is -0.402. The molecular formula is C15H13N3O5S. The normalized spacial score (nSPS) is 11.8. The predicted molar refractivity (Wildman–Crippen MR) is 87.3 cm³/mol. The van der Waals surface area contributed by atoms with Gasteiger partial charge in [0.1, 0.15) is 16.2 Å². The van der Waals surface area contributed by atoms with Crippen LogP contribution in [0.2, 0.25) is 0 Å². The van der Waals surface area contributed by atoms with Gasteiger partial charge in [0.05, 0.1) is 17.9 Å². The van der Waals surface area contributed by atoms with Gasteiger partial charge in [-0.2, -0.15) is 4.99 Å². The summed E-state index contributed by atoms with van der Waals surface area (Å²) in [5.41, 5.74) is 0.851. The van der Waals surface area contributed by atoms with E-state index < -0.39 is 16.7 Å². The van der Waals surface area contributed by atoms with Crippen molar-refractivity contribution in [1.29, 1.82) is 0 Å². The molecule has 2 heterocycles. The van der Waals surface area contributed by atoms with Crippen molar-refractivity contribution in [2.45, 2.75) is 13.5 Å². The molecule has 0 aliphatic carbocycles. The summed E-state index contributed by atoms with van der Waals surface area (Å²) >= 11 is 1.33. The van der Waals surface area contributed by atoms with Gasteiger partial charge < -0.3 is 13.7 Å². The van der Waals surface area contributed by atoms with E-state index >= 15 is 0 Å². The van der Waals surface area contributed by atoms with E-state index in [0.717, 1.165) is 16.3 Å². The zero-order chi connectivity index (χ0) is 17.3. The molecule has 2 aromatic heterocycles. The van der Waals surface area contributed by atoms with E-state index in [1.54, 1.807) is 7.11 Å². The van der Waals surface area contributed by atoms with Crippen LogP contribution in [0, 0.1) is 10.1 Å². The summed E-state index contributed by atoms with van der Waals surface area (Å²) < 4.78 is 13.0. The average molecular weight is 347 g/mol. The van der Waals surface area contributed by atoms with Crippen molar-refractivity contribution in [2.24, 2.45) is 4.99 Å². The van der Waals surface area contributed by atoms with Crippen molar-refractivity contribution in [3.63, 3.8) is 0 Å². The molecule has 0 atom stereocenters. The van der Waals surface area contributed by atoms with Crippen molar-refractivity contribution in [3.05, 3.63) is 51.0 Å². The smallest absolute Gasteiger partial charge is 0.433 e. The van der Waals surface area contributed by atoms with Crippen LogP contribution in [0.5, 0.6) is 5.75 Å². The molecule has 0 saturated heterocycles. The summed E-state index contributed by atoms with van der Waals surface area (Å²) in [5, 5.41) is 10.6. The largest absolute Gasteiger partial charge is 0.495 e. The van der Waals surface area contributed by atoms with E-state index in [9.17, 15) is 14.9 Å². The SMILES string of the molecule is CCn1c(=NC(=O)c2ccc([N+](=O)[O-])o2)sc2cccc(OC)c21. The van der Waals surface area contributed by atoms with E-state index in [4.69, 9.17) is 9.15 Å². The summed E-state index contributed by atoms with van der Waals surface area (Å²) in [6.07, 6.45) is 0. The second-order valence-corrected chi connectivity index (χ2v) is 5.76. The van der Waals surface area contributed by atoms with Gasteiger partial charge in [-0.15, -0.1) is 0 Å². The molecule has 3 aromatic rings. The number of benzene rings is 1. The number of amides is 1. The fraction of sp³-hybridized carbons (Fsp3) is 0.200. The number of furan rings is 1. The third-order valence-electron chi connectivity index (χ3n) is 3.38. The molecule has 0 aliphatic rings. The maximum Gasteiger partial charge on any atom is 0.433 e. The van der Waals surface area contributed by atoms with E-state index in [0.29, 0.717) is 17.1 Å². The van der Waals surface area contributed by atoms with Crippen LogP contribution in [-0.2, 0) is 6.54 Å². The van der Waals surface area contributed by atoms with Crippen LogP contribution in [0.25, 0.3) is 10.2 Å². The summed E-state index contributed by atoms with van der Waals surface area (Å²) in [7, 11) is 1.58. The number of ether oxygens (including phenoxy) is 1. The third kappa shape index (κ3) is 2.69. The number of fused-ring (bicyclic) bond motifs is 1. The maximum atomic E-state index is 12.2. The van der Waals surface area contributed by atoms with Gasteiger partial charge in [-0.05, 0) is 25.1 Å². The Labute approximate surface area is 139 Å². The van der Waals surface area contributed by atoms with Crippen molar-refractivity contribution in [1.82, 2.24) is 4.57 Å². The average Bonchev–Trinajstić information content (AvgIpc) is 3.18. The molecule has 1 aromatic carbocycles. The first kappa shape index (κ1) is 15.9. The van der Waals surface area contributed by atoms with Gasteiger partial charge in [-0.25, -0.2) is 0 Å². The van der Waals surface area contributed by atoms with Crippen molar-refractivity contribution in [2.75, 3.05) is 7.11 Å². The van der Waals surface area contributed by atoms with Gasteiger partial charge in [0.2, 0.25) is 5.76 Å². The van der Waals surface area contributed by atoms with Crippen LogP contribution in [0.3, 0.4) is 0 Å². The van der Waals surface area contributed by atoms with Crippen LogP contribution in [0.1, 0.15) is 17.5 Å². The second kappa shape index (κ2) is 6.28. The molecule has 0 saturated carbocycles. The number of aryl methyl sites for hydroxylation is 1. The van der Waals surface area contributed by atoms with Gasteiger partial charge in [0.25, 0.3) is 0 Å². The summed E-state index contributed by atoms with van der Waals surface area (Å²) in [6.45, 7) is 2.52. The predicted octanol–water partition coefficient (Wildman–Crippen LogP) is 2.97. The zero-order valence-electron chi connectivity index (χ0n) is 12.9. The molecule has 0 bridgehead atoms. The second-order valence-electron chi connectivity index (χ2n) is 4.75. The third-order valence-corrected chi connectivity index (χ3v) is 4.42. The number of carbonyl (C=O) groups is 1. The van der Waals surface area contributed by atoms with E-state index in [2.05, 4.69) is 4.99 Å². The van der Waals surface area contributed by atoms with Crippen LogP contribution in [-0.4, -0.2) is 22.5 Å². The molecule has 124 valence electrons. The molecule has 3 rings (SSSR count). The fourth-order valence-corrected chi connectivity index (χ4v) is 3.43. The Kier molecular flexibility index (Phi) is 4.17. The summed E-state index contributed by atoms with van der Waals surface area (Å²) in [6, 6.07) is 7.98. The molecule has 0 radical (unpaired) electrons. The number of thiazole rings is 1. The monoisotopic (exact) mass is 347 g/mol. The Morgan fingerprint density at radius 1 is 1.42 bits per heavy atom. The lowest BCUT2D eigenvalue weighted by Gasteiger charge is -2.05. The van der Waals surface area contributed by atoms with Gasteiger partial charge in [0.15, 0.2) is 4.80 Å². The zero-order valence-corrected chi connectivity index (χ0v) is 13.7. The number of rotatable bonds is 4. The summed E-state index contributed by atoms with van der Waals surface area (Å²) in [4.78, 5) is 26.7. The molecule has 0 N–H and O–H groups in total. The number of nitrogens with zero attached hydrogens (tertiary/aromatic N) is 3. The first-order valence-electron chi connectivity index (χ1n) is 7.04. The lowest BCUT2D eigenvalue weighted by Crippen LogP contribution is -2.16. The molecule has 1 amide bonds. The molecule has 0 unspecified atom stereocenters. The van der Waals surface area contributed by atoms with Gasteiger partial charge in [0, 0.05) is 6.54 Å². The highest BCUT2D eigenvalue weighted by molar-refractivity contribution is 7.16. The Bertz CT molecular complexity index is 998. The van der Waals surface area contributed by atoms with Crippen LogP contribution in [0.15, 0.2) is 39.7 Å². The standard InChI is InChI=1S/C15H13N3O5S/c1-3-17-13-9(22-2)5-4-6-11(13)24-15(17)16-14(19)10-7-8-12(23-10)18(20)21/h4-8H,3H2,1-2H3. The number of hydrogen-bond donors (Lipinski definition) is 0. The van der Waals surface area contributed by atoms with Crippen molar-refractivity contribution in [3.8, 4) is 5.75 Å².